The maximum atomic E-state index is 8.72. The average Bonchev–Trinajstić information content (AvgIpc) is 1.98. The second kappa shape index (κ2) is 6.99. The molecule has 0 spiro atoms. The topological polar surface area (TPSA) is 41.5 Å². The van der Waals surface area contributed by atoms with Gasteiger partial charge in [0, 0.05) is 13.2 Å². The molecule has 3 heteroatoms. The van der Waals surface area contributed by atoms with Crippen LogP contribution in [-0.2, 0) is 4.74 Å². The summed E-state index contributed by atoms with van der Waals surface area (Å²) in [5.41, 5.74) is 0. The average molecular weight is 147 g/mol. The van der Waals surface area contributed by atoms with Crippen molar-refractivity contribution >= 4 is 0 Å². The van der Waals surface area contributed by atoms with E-state index >= 15 is 0 Å². The normalized spacial score (nSPS) is 13.5. The van der Waals surface area contributed by atoms with Crippen LogP contribution in [0, 0.1) is 0 Å². The van der Waals surface area contributed by atoms with Gasteiger partial charge in [0.15, 0.2) is 0 Å². The van der Waals surface area contributed by atoms with Gasteiger partial charge in [-0.3, -0.25) is 0 Å². The zero-order valence-electron chi connectivity index (χ0n) is 6.76. The van der Waals surface area contributed by atoms with Gasteiger partial charge in [0.2, 0.25) is 0 Å². The van der Waals surface area contributed by atoms with Gasteiger partial charge >= 0.3 is 0 Å². The van der Waals surface area contributed by atoms with Gasteiger partial charge in [-0.2, -0.15) is 0 Å². The molecule has 0 aliphatic carbocycles. The van der Waals surface area contributed by atoms with Crippen molar-refractivity contribution in [3.63, 3.8) is 0 Å². The number of nitrogens with one attached hydrogen (secondary N) is 1. The van der Waals surface area contributed by atoms with E-state index in [4.69, 9.17) is 9.84 Å². The Labute approximate surface area is 62.4 Å². The highest BCUT2D eigenvalue weighted by molar-refractivity contribution is 4.56. The lowest BCUT2D eigenvalue weighted by Gasteiger charge is -2.13. The molecule has 0 aromatic carbocycles. The number of hydrogen-bond donors (Lipinski definition) is 2. The molecular weight excluding hydrogens is 130 g/mol. The van der Waals surface area contributed by atoms with Crippen LogP contribution in [-0.4, -0.2) is 38.0 Å². The van der Waals surface area contributed by atoms with Crippen LogP contribution in [0.1, 0.15) is 13.3 Å². The molecule has 0 aromatic heterocycles. The minimum absolute atomic E-state index is 0.0371. The summed E-state index contributed by atoms with van der Waals surface area (Å²) in [5.74, 6) is 0. The maximum absolute atomic E-state index is 8.72. The molecule has 0 saturated heterocycles. The van der Waals surface area contributed by atoms with Crippen LogP contribution in [0.2, 0.25) is 0 Å². The molecule has 3 nitrogen and oxygen atoms in total. The first kappa shape index (κ1) is 9.88. The Morgan fingerprint density at radius 2 is 2.30 bits per heavy atom. The summed E-state index contributed by atoms with van der Waals surface area (Å²) in [7, 11) is 1.85. The minimum Gasteiger partial charge on any atom is -0.394 e. The molecule has 0 aliphatic heterocycles. The fourth-order valence-corrected chi connectivity index (χ4v) is 0.688. The summed E-state index contributed by atoms with van der Waals surface area (Å²) < 4.78 is 5.27. The number of ether oxygens (including phenoxy) is 1. The van der Waals surface area contributed by atoms with E-state index in [0.29, 0.717) is 0 Å². The Morgan fingerprint density at radius 1 is 1.60 bits per heavy atom. The highest BCUT2D eigenvalue weighted by Gasteiger charge is 2.03. The third-order valence-corrected chi connectivity index (χ3v) is 1.19. The lowest BCUT2D eigenvalue weighted by molar-refractivity contribution is 0.0152. The zero-order chi connectivity index (χ0) is 7.82. The number of likely N-dealkylation sites (N-methyl/N-ethyl adjacent to an activating group) is 1. The van der Waals surface area contributed by atoms with Crippen LogP contribution < -0.4 is 5.32 Å². The van der Waals surface area contributed by atoms with Crippen LogP contribution >= 0.6 is 0 Å². The summed E-state index contributed by atoms with van der Waals surface area (Å²) >= 11 is 0. The van der Waals surface area contributed by atoms with Crippen LogP contribution in [0.15, 0.2) is 0 Å². The standard InChI is InChI=1S/C7H17NO2/c1-3-4-10-7(6-9)5-8-2/h7-9H,3-6H2,1-2H3. The molecule has 0 radical (unpaired) electrons. The van der Waals surface area contributed by atoms with Crippen LogP contribution in [0.4, 0.5) is 0 Å². The molecule has 10 heavy (non-hydrogen) atoms. The lowest BCUT2D eigenvalue weighted by Crippen LogP contribution is -2.30. The molecule has 0 rings (SSSR count). The molecule has 0 amide bonds. The molecule has 0 fully saturated rings. The molecule has 0 aromatic rings. The van der Waals surface area contributed by atoms with Crippen LogP contribution in [0.5, 0.6) is 0 Å². The van der Waals surface area contributed by atoms with Gasteiger partial charge in [-0.1, -0.05) is 6.92 Å². The van der Waals surface area contributed by atoms with Crippen molar-refractivity contribution in [3.8, 4) is 0 Å². The first-order valence-electron chi connectivity index (χ1n) is 3.72. The van der Waals surface area contributed by atoms with Gasteiger partial charge in [-0.25, -0.2) is 0 Å². The highest BCUT2D eigenvalue weighted by atomic mass is 16.5. The van der Waals surface area contributed by atoms with Crippen molar-refractivity contribution in [2.24, 2.45) is 0 Å². The predicted octanol–water partition coefficient (Wildman–Crippen LogP) is -0.00670. The molecule has 0 bridgehead atoms. The molecule has 0 heterocycles. The van der Waals surface area contributed by atoms with E-state index in [1.54, 1.807) is 0 Å². The Balaban J connectivity index is 3.21. The van der Waals surface area contributed by atoms with E-state index in [1.807, 2.05) is 14.0 Å². The van der Waals surface area contributed by atoms with Crippen molar-refractivity contribution < 1.29 is 9.84 Å². The monoisotopic (exact) mass is 147 g/mol. The van der Waals surface area contributed by atoms with Gasteiger partial charge in [-0.05, 0) is 13.5 Å². The third-order valence-electron chi connectivity index (χ3n) is 1.19. The van der Waals surface area contributed by atoms with Gasteiger partial charge < -0.3 is 15.2 Å². The molecular formula is C7H17NO2. The molecule has 2 N–H and O–H groups in total. The van der Waals surface area contributed by atoms with E-state index in [1.165, 1.54) is 0 Å². The van der Waals surface area contributed by atoms with Gasteiger partial charge in [0.05, 0.1) is 12.7 Å². The number of rotatable bonds is 6. The quantitative estimate of drug-likeness (QED) is 0.555. The summed E-state index contributed by atoms with van der Waals surface area (Å²) in [6, 6.07) is 0. The largest absolute Gasteiger partial charge is 0.394 e. The fourth-order valence-electron chi connectivity index (χ4n) is 0.688. The molecule has 0 aliphatic rings. The first-order valence-corrected chi connectivity index (χ1v) is 3.72. The Kier molecular flexibility index (Phi) is 6.91. The predicted molar refractivity (Wildman–Crippen MR) is 41.0 cm³/mol. The number of hydrogen-bond acceptors (Lipinski definition) is 3. The van der Waals surface area contributed by atoms with E-state index < -0.39 is 0 Å². The van der Waals surface area contributed by atoms with Crippen molar-refractivity contribution in [3.05, 3.63) is 0 Å². The summed E-state index contributed by atoms with van der Waals surface area (Å²) in [6.45, 7) is 3.60. The Morgan fingerprint density at radius 3 is 2.70 bits per heavy atom. The van der Waals surface area contributed by atoms with Crippen molar-refractivity contribution in [1.29, 1.82) is 0 Å². The van der Waals surface area contributed by atoms with E-state index in [9.17, 15) is 0 Å². The lowest BCUT2D eigenvalue weighted by atomic mass is 10.4. The Hall–Kier alpha value is -0.120. The summed E-state index contributed by atoms with van der Waals surface area (Å²) in [5, 5.41) is 11.7. The van der Waals surface area contributed by atoms with Crippen molar-refractivity contribution in [1.82, 2.24) is 5.32 Å². The van der Waals surface area contributed by atoms with Crippen molar-refractivity contribution in [2.45, 2.75) is 19.4 Å². The first-order chi connectivity index (χ1) is 4.85. The third kappa shape index (κ3) is 4.73. The van der Waals surface area contributed by atoms with Crippen LogP contribution in [0.25, 0.3) is 0 Å². The maximum Gasteiger partial charge on any atom is 0.0929 e. The number of aliphatic hydroxyl groups is 1. The van der Waals surface area contributed by atoms with Crippen molar-refractivity contribution in [2.75, 3.05) is 26.8 Å². The van der Waals surface area contributed by atoms with Gasteiger partial charge in [-0.15, -0.1) is 0 Å². The smallest absolute Gasteiger partial charge is 0.0929 e. The molecule has 1 unspecified atom stereocenters. The highest BCUT2D eigenvalue weighted by Crippen LogP contribution is 1.90. The van der Waals surface area contributed by atoms with E-state index in [0.717, 1.165) is 19.6 Å². The van der Waals surface area contributed by atoms with Crippen LogP contribution in [0.3, 0.4) is 0 Å². The minimum atomic E-state index is -0.0371. The fraction of sp³-hybridized carbons (Fsp3) is 1.00. The Bertz CT molecular complexity index is 68.6. The van der Waals surface area contributed by atoms with Gasteiger partial charge in [0.25, 0.3) is 0 Å². The summed E-state index contributed by atoms with van der Waals surface area (Å²) in [4.78, 5) is 0. The molecule has 0 saturated carbocycles. The second-order valence-electron chi connectivity index (χ2n) is 2.23. The number of aliphatic hydroxyl groups excluding tert-OH is 1. The zero-order valence-corrected chi connectivity index (χ0v) is 6.76. The SMILES string of the molecule is CCCOC(CO)CNC. The molecule has 1 atom stereocenters. The van der Waals surface area contributed by atoms with Gasteiger partial charge in [0.1, 0.15) is 0 Å². The molecule has 62 valence electrons. The second-order valence-corrected chi connectivity index (χ2v) is 2.23. The van der Waals surface area contributed by atoms with E-state index in [2.05, 4.69) is 5.32 Å². The van der Waals surface area contributed by atoms with E-state index in [-0.39, 0.29) is 12.7 Å². The summed E-state index contributed by atoms with van der Waals surface area (Å²) in [6.07, 6.45) is 0.963.